The minimum atomic E-state index is -1.18. The highest BCUT2D eigenvalue weighted by molar-refractivity contribution is 6.34. The van der Waals surface area contributed by atoms with Crippen molar-refractivity contribution in [3.8, 4) is 0 Å². The first-order valence-electron chi connectivity index (χ1n) is 6.71. The standard InChI is InChI=1S/C14H17ClN2O4/c15-10-2-1-3-11(12(10)13(19)20)16-14(21)17-6-4-9(8-17)5-7-18/h1-3,9,18H,4-8H2,(H,16,21)(H,19,20). The normalized spacial score (nSPS) is 17.8. The number of carbonyl (C=O) groups is 2. The lowest BCUT2D eigenvalue weighted by Gasteiger charge is -2.18. The van der Waals surface area contributed by atoms with Crippen molar-refractivity contribution in [1.29, 1.82) is 0 Å². The molecule has 0 bridgehead atoms. The Morgan fingerprint density at radius 1 is 1.43 bits per heavy atom. The molecule has 114 valence electrons. The molecule has 2 amide bonds. The molecular weight excluding hydrogens is 296 g/mol. The lowest BCUT2D eigenvalue weighted by molar-refractivity contribution is 0.0698. The fourth-order valence-corrected chi connectivity index (χ4v) is 2.73. The Kier molecular flexibility index (Phi) is 5.03. The van der Waals surface area contributed by atoms with Crippen LogP contribution >= 0.6 is 11.6 Å². The quantitative estimate of drug-likeness (QED) is 0.795. The molecule has 1 saturated heterocycles. The van der Waals surface area contributed by atoms with Crippen molar-refractivity contribution in [3.63, 3.8) is 0 Å². The van der Waals surface area contributed by atoms with Gasteiger partial charge in [0.2, 0.25) is 0 Å². The molecule has 1 unspecified atom stereocenters. The van der Waals surface area contributed by atoms with Crippen LogP contribution in [0.2, 0.25) is 5.02 Å². The van der Waals surface area contributed by atoms with Crippen molar-refractivity contribution in [3.05, 3.63) is 28.8 Å². The van der Waals surface area contributed by atoms with E-state index in [0.29, 0.717) is 25.4 Å². The van der Waals surface area contributed by atoms with Crippen molar-refractivity contribution in [2.24, 2.45) is 5.92 Å². The molecule has 0 aromatic heterocycles. The molecule has 2 rings (SSSR count). The number of aliphatic hydroxyl groups excluding tert-OH is 1. The van der Waals surface area contributed by atoms with E-state index in [2.05, 4.69) is 5.32 Å². The first-order valence-corrected chi connectivity index (χ1v) is 7.09. The van der Waals surface area contributed by atoms with E-state index in [1.807, 2.05) is 0 Å². The number of benzene rings is 1. The molecule has 0 spiro atoms. The van der Waals surface area contributed by atoms with Gasteiger partial charge in [0.25, 0.3) is 0 Å². The first-order chi connectivity index (χ1) is 10.0. The Hall–Kier alpha value is -1.79. The Bertz CT molecular complexity index is 550. The monoisotopic (exact) mass is 312 g/mol. The van der Waals surface area contributed by atoms with E-state index < -0.39 is 5.97 Å². The van der Waals surface area contributed by atoms with Gasteiger partial charge in [-0.15, -0.1) is 0 Å². The molecule has 1 heterocycles. The van der Waals surface area contributed by atoms with Gasteiger partial charge in [0.05, 0.1) is 10.7 Å². The van der Waals surface area contributed by atoms with Gasteiger partial charge in [-0.25, -0.2) is 9.59 Å². The van der Waals surface area contributed by atoms with E-state index in [1.54, 1.807) is 11.0 Å². The average Bonchev–Trinajstić information content (AvgIpc) is 2.87. The predicted molar refractivity (Wildman–Crippen MR) is 78.8 cm³/mol. The van der Waals surface area contributed by atoms with E-state index in [4.69, 9.17) is 21.8 Å². The number of anilines is 1. The van der Waals surface area contributed by atoms with E-state index in [9.17, 15) is 9.59 Å². The van der Waals surface area contributed by atoms with Gasteiger partial charge < -0.3 is 20.4 Å². The van der Waals surface area contributed by atoms with Gasteiger partial charge in [0.15, 0.2) is 0 Å². The Balaban J connectivity index is 2.07. The largest absolute Gasteiger partial charge is 0.478 e. The number of hydrogen-bond acceptors (Lipinski definition) is 3. The van der Waals surface area contributed by atoms with Crippen LogP contribution < -0.4 is 5.32 Å². The maximum Gasteiger partial charge on any atom is 0.339 e. The fourth-order valence-electron chi connectivity index (χ4n) is 2.48. The molecule has 1 aliphatic heterocycles. The summed E-state index contributed by atoms with van der Waals surface area (Å²) in [6.45, 7) is 1.27. The van der Waals surface area contributed by atoms with Crippen molar-refractivity contribution in [1.82, 2.24) is 4.90 Å². The molecule has 1 aromatic rings. The first kappa shape index (κ1) is 15.6. The smallest absolute Gasteiger partial charge is 0.339 e. The summed E-state index contributed by atoms with van der Waals surface area (Å²) in [4.78, 5) is 25.0. The molecule has 0 aliphatic carbocycles. The zero-order valence-corrected chi connectivity index (χ0v) is 12.1. The second-order valence-corrected chi connectivity index (χ2v) is 5.42. The topological polar surface area (TPSA) is 89.9 Å². The van der Waals surface area contributed by atoms with Crippen LogP contribution in [0.5, 0.6) is 0 Å². The van der Waals surface area contributed by atoms with Gasteiger partial charge in [-0.05, 0) is 30.9 Å². The number of nitrogens with zero attached hydrogens (tertiary/aromatic N) is 1. The second-order valence-electron chi connectivity index (χ2n) is 5.01. The summed E-state index contributed by atoms with van der Waals surface area (Å²) >= 11 is 5.86. The Morgan fingerprint density at radius 3 is 2.86 bits per heavy atom. The van der Waals surface area contributed by atoms with Crippen LogP contribution in [0.1, 0.15) is 23.2 Å². The van der Waals surface area contributed by atoms with Crippen LogP contribution in [-0.2, 0) is 0 Å². The average molecular weight is 313 g/mol. The van der Waals surface area contributed by atoms with Crippen LogP contribution in [-0.4, -0.2) is 46.8 Å². The van der Waals surface area contributed by atoms with Crippen LogP contribution in [0.3, 0.4) is 0 Å². The number of aromatic carboxylic acids is 1. The molecule has 3 N–H and O–H groups in total. The SMILES string of the molecule is O=C(O)c1c(Cl)cccc1NC(=O)N1CCC(CCO)C1. The molecule has 0 radical (unpaired) electrons. The number of rotatable bonds is 4. The molecule has 1 atom stereocenters. The van der Waals surface area contributed by atoms with E-state index in [0.717, 1.165) is 6.42 Å². The number of urea groups is 1. The zero-order chi connectivity index (χ0) is 15.4. The molecule has 21 heavy (non-hydrogen) atoms. The number of carbonyl (C=O) groups excluding carboxylic acids is 1. The number of carboxylic acids is 1. The highest BCUT2D eigenvalue weighted by atomic mass is 35.5. The molecule has 1 fully saturated rings. The summed E-state index contributed by atoms with van der Waals surface area (Å²) in [6.07, 6.45) is 1.51. The molecule has 0 saturated carbocycles. The summed E-state index contributed by atoms with van der Waals surface area (Å²) in [6, 6.07) is 4.21. The lowest BCUT2D eigenvalue weighted by atomic mass is 10.1. The van der Waals surface area contributed by atoms with E-state index >= 15 is 0 Å². The Labute approximate surface area is 127 Å². The summed E-state index contributed by atoms with van der Waals surface area (Å²) in [5.74, 6) is -0.894. The van der Waals surface area contributed by atoms with Crippen molar-refractivity contribution in [2.45, 2.75) is 12.8 Å². The molecule has 7 heteroatoms. The molecule has 6 nitrogen and oxygen atoms in total. The minimum Gasteiger partial charge on any atom is -0.478 e. The fraction of sp³-hybridized carbons (Fsp3) is 0.429. The van der Waals surface area contributed by atoms with Crippen LogP contribution in [0.4, 0.5) is 10.5 Å². The maximum absolute atomic E-state index is 12.2. The predicted octanol–water partition coefficient (Wildman–Crippen LogP) is 2.27. The van der Waals surface area contributed by atoms with Crippen LogP contribution in [0.15, 0.2) is 18.2 Å². The van der Waals surface area contributed by atoms with Crippen molar-refractivity contribution in [2.75, 3.05) is 25.0 Å². The highest BCUT2D eigenvalue weighted by Gasteiger charge is 2.26. The molecule has 1 aromatic carbocycles. The third kappa shape index (κ3) is 3.65. The Morgan fingerprint density at radius 2 is 2.19 bits per heavy atom. The summed E-state index contributed by atoms with van der Waals surface area (Å²) < 4.78 is 0. The van der Waals surface area contributed by atoms with Gasteiger partial charge in [0, 0.05) is 19.7 Å². The third-order valence-corrected chi connectivity index (χ3v) is 3.89. The highest BCUT2D eigenvalue weighted by Crippen LogP contribution is 2.26. The van der Waals surface area contributed by atoms with Gasteiger partial charge in [-0.1, -0.05) is 17.7 Å². The summed E-state index contributed by atoms with van der Waals surface area (Å²) in [5, 5.41) is 20.8. The van der Waals surface area contributed by atoms with E-state index in [1.165, 1.54) is 12.1 Å². The molecular formula is C14H17ClN2O4. The van der Waals surface area contributed by atoms with Crippen LogP contribution in [0.25, 0.3) is 0 Å². The number of halogens is 1. The minimum absolute atomic E-state index is 0.0832. The number of carboxylic acid groups (broad SMARTS) is 1. The van der Waals surface area contributed by atoms with Crippen molar-refractivity contribution >= 4 is 29.3 Å². The van der Waals surface area contributed by atoms with Crippen molar-refractivity contribution < 1.29 is 19.8 Å². The maximum atomic E-state index is 12.2. The van der Waals surface area contributed by atoms with Gasteiger partial charge >= 0.3 is 12.0 Å². The van der Waals surface area contributed by atoms with Gasteiger partial charge in [-0.2, -0.15) is 0 Å². The number of hydrogen-bond donors (Lipinski definition) is 3. The summed E-state index contributed by atoms with van der Waals surface area (Å²) in [7, 11) is 0. The number of amides is 2. The number of aliphatic hydroxyl groups is 1. The number of nitrogens with one attached hydrogen (secondary N) is 1. The zero-order valence-electron chi connectivity index (χ0n) is 11.4. The number of likely N-dealkylation sites (tertiary alicyclic amines) is 1. The lowest BCUT2D eigenvalue weighted by Crippen LogP contribution is -2.33. The van der Waals surface area contributed by atoms with Crippen LogP contribution in [0, 0.1) is 5.92 Å². The second kappa shape index (κ2) is 6.78. The summed E-state index contributed by atoms with van der Waals surface area (Å²) in [5.41, 5.74) is 0.0734. The van der Waals surface area contributed by atoms with Gasteiger partial charge in [0.1, 0.15) is 5.56 Å². The molecule has 1 aliphatic rings. The third-order valence-electron chi connectivity index (χ3n) is 3.58. The van der Waals surface area contributed by atoms with E-state index in [-0.39, 0.29) is 28.9 Å². The van der Waals surface area contributed by atoms with Gasteiger partial charge in [-0.3, -0.25) is 0 Å².